The maximum Gasteiger partial charge on any atom is 0.322 e. The number of amides is 2. The average Bonchev–Trinajstić information content (AvgIpc) is 2.84. The van der Waals surface area contributed by atoms with Crippen LogP contribution in [0.3, 0.4) is 0 Å². The summed E-state index contributed by atoms with van der Waals surface area (Å²) in [5, 5.41) is 2.70. The van der Waals surface area contributed by atoms with Crippen LogP contribution in [-0.4, -0.2) is 20.9 Å². The number of hydrogen-bond donors (Lipinski definition) is 2. The standard InChI is InChI=1S/C13H12FN5O/c14-9-1-3-10(4-2-9)17-13(20)19-6-8-5-16-12(15)18-11(8)7-19/h1-5H,6-7H2,(H,17,20)(H2,15,16,18). The fourth-order valence-corrected chi connectivity index (χ4v) is 2.05. The summed E-state index contributed by atoms with van der Waals surface area (Å²) in [4.78, 5) is 21.7. The van der Waals surface area contributed by atoms with Crippen LogP contribution in [0.4, 0.5) is 20.8 Å². The zero-order valence-corrected chi connectivity index (χ0v) is 10.5. The number of rotatable bonds is 1. The summed E-state index contributed by atoms with van der Waals surface area (Å²) < 4.78 is 12.8. The SMILES string of the molecule is Nc1ncc2c(n1)CN(C(=O)Nc1ccc(F)cc1)C2. The van der Waals surface area contributed by atoms with Gasteiger partial charge >= 0.3 is 6.03 Å². The van der Waals surface area contributed by atoms with Crippen molar-refractivity contribution >= 4 is 17.7 Å². The van der Waals surface area contributed by atoms with Crippen molar-refractivity contribution < 1.29 is 9.18 Å². The zero-order chi connectivity index (χ0) is 14.1. The van der Waals surface area contributed by atoms with Gasteiger partial charge in [-0.25, -0.2) is 19.2 Å². The van der Waals surface area contributed by atoms with E-state index in [2.05, 4.69) is 15.3 Å². The number of aromatic nitrogens is 2. The molecule has 20 heavy (non-hydrogen) atoms. The van der Waals surface area contributed by atoms with Gasteiger partial charge in [0, 0.05) is 17.4 Å². The molecule has 1 aliphatic heterocycles. The maximum atomic E-state index is 12.8. The van der Waals surface area contributed by atoms with Gasteiger partial charge in [0.1, 0.15) is 5.82 Å². The molecule has 0 spiro atoms. The van der Waals surface area contributed by atoms with Crippen LogP contribution in [0.5, 0.6) is 0 Å². The molecule has 0 saturated heterocycles. The summed E-state index contributed by atoms with van der Waals surface area (Å²) in [6.45, 7) is 0.817. The van der Waals surface area contributed by atoms with Gasteiger partial charge in [-0.2, -0.15) is 0 Å². The number of urea groups is 1. The minimum atomic E-state index is -0.345. The van der Waals surface area contributed by atoms with Crippen molar-refractivity contribution in [3.05, 3.63) is 47.5 Å². The van der Waals surface area contributed by atoms with E-state index in [1.807, 2.05) is 0 Å². The third-order valence-corrected chi connectivity index (χ3v) is 3.06. The minimum absolute atomic E-state index is 0.199. The number of nitrogen functional groups attached to an aromatic ring is 1. The highest BCUT2D eigenvalue weighted by atomic mass is 19.1. The summed E-state index contributed by atoms with van der Waals surface area (Å²) in [7, 11) is 0. The molecule has 2 heterocycles. The Morgan fingerprint density at radius 1 is 1.30 bits per heavy atom. The highest BCUT2D eigenvalue weighted by molar-refractivity contribution is 5.89. The number of hydrogen-bond acceptors (Lipinski definition) is 4. The number of carbonyl (C=O) groups is 1. The number of nitrogens with one attached hydrogen (secondary N) is 1. The number of benzene rings is 1. The molecule has 2 aromatic rings. The Balaban J connectivity index is 1.69. The molecule has 6 nitrogen and oxygen atoms in total. The lowest BCUT2D eigenvalue weighted by molar-refractivity contribution is 0.212. The summed E-state index contributed by atoms with van der Waals surface area (Å²) in [5.74, 6) is -0.146. The number of carbonyl (C=O) groups excluding carboxylic acids is 1. The lowest BCUT2D eigenvalue weighted by atomic mass is 10.3. The van der Waals surface area contributed by atoms with E-state index < -0.39 is 0 Å². The Morgan fingerprint density at radius 2 is 2.05 bits per heavy atom. The van der Waals surface area contributed by atoms with E-state index in [1.165, 1.54) is 24.3 Å². The Labute approximate surface area is 114 Å². The Morgan fingerprint density at radius 3 is 2.80 bits per heavy atom. The number of anilines is 2. The van der Waals surface area contributed by atoms with Crippen LogP contribution in [0.25, 0.3) is 0 Å². The van der Waals surface area contributed by atoms with Crippen molar-refractivity contribution in [2.75, 3.05) is 11.1 Å². The Hall–Kier alpha value is -2.70. The van der Waals surface area contributed by atoms with Gasteiger partial charge in [-0.15, -0.1) is 0 Å². The molecule has 0 saturated carbocycles. The summed E-state index contributed by atoms with van der Waals surface area (Å²) in [5.41, 5.74) is 7.69. The van der Waals surface area contributed by atoms with Crippen molar-refractivity contribution in [3.8, 4) is 0 Å². The molecular weight excluding hydrogens is 261 g/mol. The fraction of sp³-hybridized carbons (Fsp3) is 0.154. The number of nitrogens with two attached hydrogens (primary N) is 1. The molecule has 0 unspecified atom stereocenters. The molecule has 0 bridgehead atoms. The third kappa shape index (κ3) is 2.37. The fourth-order valence-electron chi connectivity index (χ4n) is 2.05. The van der Waals surface area contributed by atoms with Crippen LogP contribution >= 0.6 is 0 Å². The largest absolute Gasteiger partial charge is 0.368 e. The summed E-state index contributed by atoms with van der Waals surface area (Å²) in [6, 6.07) is 5.33. The highest BCUT2D eigenvalue weighted by Gasteiger charge is 2.25. The van der Waals surface area contributed by atoms with Gasteiger partial charge in [-0.05, 0) is 24.3 Å². The van der Waals surface area contributed by atoms with Crippen LogP contribution in [0.2, 0.25) is 0 Å². The zero-order valence-electron chi connectivity index (χ0n) is 10.5. The third-order valence-electron chi connectivity index (χ3n) is 3.06. The van der Waals surface area contributed by atoms with Crippen LogP contribution in [0.15, 0.2) is 30.5 Å². The second-order valence-corrected chi connectivity index (χ2v) is 4.49. The molecule has 1 aromatic carbocycles. The van der Waals surface area contributed by atoms with Crippen molar-refractivity contribution in [1.29, 1.82) is 0 Å². The summed E-state index contributed by atoms with van der Waals surface area (Å²) >= 11 is 0. The van der Waals surface area contributed by atoms with Crippen molar-refractivity contribution in [3.63, 3.8) is 0 Å². The van der Waals surface area contributed by atoms with Gasteiger partial charge in [-0.3, -0.25) is 0 Å². The lowest BCUT2D eigenvalue weighted by Crippen LogP contribution is -2.30. The predicted molar refractivity (Wildman–Crippen MR) is 71.1 cm³/mol. The van der Waals surface area contributed by atoms with Crippen LogP contribution in [0, 0.1) is 5.82 Å². The van der Waals surface area contributed by atoms with Crippen LogP contribution in [-0.2, 0) is 13.1 Å². The van der Waals surface area contributed by atoms with Crippen molar-refractivity contribution in [2.45, 2.75) is 13.1 Å². The monoisotopic (exact) mass is 273 g/mol. The first-order chi connectivity index (χ1) is 9.61. The summed E-state index contributed by atoms with van der Waals surface area (Å²) in [6.07, 6.45) is 1.63. The minimum Gasteiger partial charge on any atom is -0.368 e. The predicted octanol–water partition coefficient (Wildman–Crippen LogP) is 1.75. The topological polar surface area (TPSA) is 84.1 Å². The smallest absolute Gasteiger partial charge is 0.322 e. The van der Waals surface area contributed by atoms with Crippen LogP contribution < -0.4 is 11.1 Å². The van der Waals surface area contributed by atoms with E-state index in [-0.39, 0.29) is 17.8 Å². The van der Waals surface area contributed by atoms with E-state index in [4.69, 9.17) is 5.73 Å². The van der Waals surface area contributed by atoms with E-state index >= 15 is 0 Å². The number of fused-ring (bicyclic) bond motifs is 1. The molecule has 7 heteroatoms. The molecule has 3 N–H and O–H groups in total. The van der Waals surface area contributed by atoms with Gasteiger partial charge in [-0.1, -0.05) is 0 Å². The van der Waals surface area contributed by atoms with E-state index in [0.717, 1.165) is 11.3 Å². The average molecular weight is 273 g/mol. The Bertz CT molecular complexity index is 658. The molecule has 0 radical (unpaired) electrons. The second-order valence-electron chi connectivity index (χ2n) is 4.49. The van der Waals surface area contributed by atoms with Crippen molar-refractivity contribution in [1.82, 2.24) is 14.9 Å². The second kappa shape index (κ2) is 4.76. The quantitative estimate of drug-likeness (QED) is 0.829. The molecule has 2 amide bonds. The van der Waals surface area contributed by atoms with E-state index in [0.29, 0.717) is 18.8 Å². The van der Waals surface area contributed by atoms with Crippen LogP contribution in [0.1, 0.15) is 11.3 Å². The lowest BCUT2D eigenvalue weighted by Gasteiger charge is -2.16. The molecule has 0 atom stereocenters. The van der Waals surface area contributed by atoms with Gasteiger partial charge in [0.25, 0.3) is 0 Å². The molecule has 1 aliphatic rings. The Kier molecular flexibility index (Phi) is 2.94. The van der Waals surface area contributed by atoms with E-state index in [9.17, 15) is 9.18 Å². The first-order valence-corrected chi connectivity index (χ1v) is 6.03. The number of halogens is 1. The van der Waals surface area contributed by atoms with Gasteiger partial charge < -0.3 is 16.0 Å². The molecular formula is C13H12FN5O. The molecule has 1 aromatic heterocycles. The normalized spacial score (nSPS) is 13.2. The molecule has 0 aliphatic carbocycles. The molecule has 102 valence electrons. The highest BCUT2D eigenvalue weighted by Crippen LogP contribution is 2.21. The molecule has 3 rings (SSSR count). The first-order valence-electron chi connectivity index (χ1n) is 6.03. The molecule has 0 fully saturated rings. The first kappa shape index (κ1) is 12.3. The van der Waals surface area contributed by atoms with Gasteiger partial charge in [0.2, 0.25) is 5.95 Å². The van der Waals surface area contributed by atoms with Crippen molar-refractivity contribution in [2.24, 2.45) is 0 Å². The van der Waals surface area contributed by atoms with Gasteiger partial charge in [0.05, 0.1) is 18.8 Å². The van der Waals surface area contributed by atoms with Gasteiger partial charge in [0.15, 0.2) is 0 Å². The number of nitrogens with zero attached hydrogens (tertiary/aromatic N) is 3. The maximum absolute atomic E-state index is 12.8. The van der Waals surface area contributed by atoms with E-state index in [1.54, 1.807) is 11.1 Å².